The van der Waals surface area contributed by atoms with E-state index in [9.17, 15) is 9.90 Å². The van der Waals surface area contributed by atoms with Gasteiger partial charge in [-0.15, -0.1) is 0 Å². The Morgan fingerprint density at radius 2 is 2.00 bits per heavy atom. The van der Waals surface area contributed by atoms with Crippen LogP contribution in [0.25, 0.3) is 11.1 Å². The van der Waals surface area contributed by atoms with E-state index in [1.54, 1.807) is 14.2 Å². The molecule has 2 aliphatic rings. The van der Waals surface area contributed by atoms with Crippen LogP contribution in [0, 0.1) is 11.8 Å². The summed E-state index contributed by atoms with van der Waals surface area (Å²) in [4.78, 5) is 14.3. The molecule has 7 nitrogen and oxygen atoms in total. The predicted molar refractivity (Wildman–Crippen MR) is 122 cm³/mol. The van der Waals surface area contributed by atoms with Crippen molar-refractivity contribution in [3.63, 3.8) is 0 Å². The largest absolute Gasteiger partial charge is 0.493 e. The summed E-state index contributed by atoms with van der Waals surface area (Å²) in [5.74, 6) is 2.86. The van der Waals surface area contributed by atoms with Crippen molar-refractivity contribution in [1.82, 2.24) is 10.2 Å². The van der Waals surface area contributed by atoms with Gasteiger partial charge in [-0.1, -0.05) is 18.2 Å². The van der Waals surface area contributed by atoms with Crippen molar-refractivity contribution >= 4 is 5.91 Å². The third kappa shape index (κ3) is 4.54. The second-order valence-corrected chi connectivity index (χ2v) is 8.53. The van der Waals surface area contributed by atoms with Gasteiger partial charge in [0, 0.05) is 43.2 Å². The maximum absolute atomic E-state index is 11.9. The minimum atomic E-state index is -0.175. The Morgan fingerprint density at radius 1 is 1.16 bits per heavy atom. The summed E-state index contributed by atoms with van der Waals surface area (Å²) in [6.07, 6.45) is 0.716. The number of likely N-dealkylation sites (tertiary alicyclic amines) is 1. The van der Waals surface area contributed by atoms with Crippen LogP contribution in [0.4, 0.5) is 0 Å². The summed E-state index contributed by atoms with van der Waals surface area (Å²) in [6, 6.07) is 11.8. The summed E-state index contributed by atoms with van der Waals surface area (Å²) in [5.41, 5.74) is 2.93. The van der Waals surface area contributed by atoms with E-state index in [0.717, 1.165) is 36.2 Å². The van der Waals surface area contributed by atoms with Crippen LogP contribution in [0.1, 0.15) is 18.9 Å². The zero-order valence-corrected chi connectivity index (χ0v) is 19.0. The molecule has 1 saturated heterocycles. The second kappa shape index (κ2) is 9.79. The zero-order valence-electron chi connectivity index (χ0n) is 19.0. The lowest BCUT2D eigenvalue weighted by molar-refractivity contribution is -0.123. The van der Waals surface area contributed by atoms with Gasteiger partial charge in [0.25, 0.3) is 5.91 Å². The Hall–Kier alpha value is -2.77. The molecule has 1 amide bonds. The fourth-order valence-electron chi connectivity index (χ4n) is 4.85. The Labute approximate surface area is 189 Å². The number of aliphatic hydroxyl groups is 1. The zero-order chi connectivity index (χ0) is 22.7. The summed E-state index contributed by atoms with van der Waals surface area (Å²) in [5, 5.41) is 12.8. The van der Waals surface area contributed by atoms with E-state index < -0.39 is 0 Å². The molecule has 2 fully saturated rings. The highest BCUT2D eigenvalue weighted by atomic mass is 16.5. The summed E-state index contributed by atoms with van der Waals surface area (Å²) in [6.45, 7) is 4.99. The van der Waals surface area contributed by atoms with E-state index in [4.69, 9.17) is 14.2 Å². The summed E-state index contributed by atoms with van der Waals surface area (Å²) < 4.78 is 17.0. The third-order valence-corrected chi connectivity index (χ3v) is 6.51. The maximum Gasteiger partial charge on any atom is 0.257 e. The van der Waals surface area contributed by atoms with Crippen molar-refractivity contribution in [1.29, 1.82) is 0 Å². The quantitative estimate of drug-likeness (QED) is 0.624. The van der Waals surface area contributed by atoms with Crippen LogP contribution in [0.5, 0.6) is 17.2 Å². The van der Waals surface area contributed by atoms with Crippen LogP contribution in [0.3, 0.4) is 0 Å². The van der Waals surface area contributed by atoms with E-state index in [2.05, 4.69) is 16.3 Å². The number of para-hydroxylation sites is 1. The number of fused-ring (bicyclic) bond motifs is 1. The normalized spacial score (nSPS) is 22.1. The number of nitrogens with zero attached hydrogens (tertiary/aromatic N) is 1. The molecule has 4 rings (SSSR count). The number of benzene rings is 2. The number of carbonyl (C=O) groups is 1. The smallest absolute Gasteiger partial charge is 0.257 e. The lowest BCUT2D eigenvalue weighted by atomic mass is 9.74. The molecule has 1 heterocycles. The number of rotatable bonds is 9. The number of hydrogen-bond donors (Lipinski definition) is 2. The van der Waals surface area contributed by atoms with E-state index in [0.29, 0.717) is 42.2 Å². The standard InChI is InChI=1S/C25H32N2O5/c1-4-26-24(29)15-32-22-9-8-16(19-6-5-7-23(30-2)25(19)31-3)10-18(22)13-27-12-17-11-21(28)20(17)14-27/h5-10,17,20-21,28H,4,11-15H2,1-3H3,(H,26,29)/t17-,20+,21+/m0/s1. The monoisotopic (exact) mass is 440 g/mol. The van der Waals surface area contributed by atoms with Gasteiger partial charge in [0.05, 0.1) is 20.3 Å². The van der Waals surface area contributed by atoms with Crippen molar-refractivity contribution in [2.24, 2.45) is 11.8 Å². The molecule has 3 atom stereocenters. The molecule has 0 aromatic heterocycles. The fourth-order valence-corrected chi connectivity index (χ4v) is 4.85. The van der Waals surface area contributed by atoms with Gasteiger partial charge >= 0.3 is 0 Å². The van der Waals surface area contributed by atoms with Crippen molar-refractivity contribution < 1.29 is 24.1 Å². The molecular weight excluding hydrogens is 408 g/mol. The van der Waals surface area contributed by atoms with Gasteiger partial charge in [0.2, 0.25) is 0 Å². The molecular formula is C25H32N2O5. The number of nitrogens with one attached hydrogen (secondary N) is 1. The van der Waals surface area contributed by atoms with Gasteiger partial charge in [-0.05, 0) is 43.0 Å². The SMILES string of the molecule is CCNC(=O)COc1ccc(-c2cccc(OC)c2OC)cc1CN1C[C@@H]2C[C@@H](O)[C@@H]2C1. The highest BCUT2D eigenvalue weighted by Crippen LogP contribution is 2.43. The Balaban J connectivity index is 1.62. The van der Waals surface area contributed by atoms with Crippen molar-refractivity contribution in [2.75, 3.05) is 40.5 Å². The number of amides is 1. The molecule has 0 unspecified atom stereocenters. The van der Waals surface area contributed by atoms with Gasteiger partial charge in [0.15, 0.2) is 18.1 Å². The molecule has 2 aromatic rings. The van der Waals surface area contributed by atoms with Crippen molar-refractivity contribution in [3.05, 3.63) is 42.0 Å². The fraction of sp³-hybridized carbons (Fsp3) is 0.480. The predicted octanol–water partition coefficient (Wildman–Crippen LogP) is 2.70. The Morgan fingerprint density at radius 3 is 2.69 bits per heavy atom. The third-order valence-electron chi connectivity index (χ3n) is 6.51. The number of carbonyl (C=O) groups excluding carboxylic acids is 1. The van der Waals surface area contributed by atoms with Crippen molar-refractivity contribution in [3.8, 4) is 28.4 Å². The topological polar surface area (TPSA) is 80.3 Å². The first-order chi connectivity index (χ1) is 15.5. The molecule has 172 valence electrons. The van der Waals surface area contributed by atoms with Gasteiger partial charge in [0.1, 0.15) is 5.75 Å². The number of methoxy groups -OCH3 is 2. The Kier molecular flexibility index (Phi) is 6.86. The van der Waals surface area contributed by atoms with Crippen LogP contribution in [0.2, 0.25) is 0 Å². The highest BCUT2D eigenvalue weighted by Gasteiger charge is 2.46. The minimum absolute atomic E-state index is 0.0212. The summed E-state index contributed by atoms with van der Waals surface area (Å²) in [7, 11) is 3.26. The second-order valence-electron chi connectivity index (χ2n) is 8.53. The number of hydrogen-bond acceptors (Lipinski definition) is 6. The molecule has 1 saturated carbocycles. The van der Waals surface area contributed by atoms with E-state index in [1.165, 1.54) is 0 Å². The first-order valence-electron chi connectivity index (χ1n) is 11.2. The van der Waals surface area contributed by atoms with Gasteiger partial charge in [-0.2, -0.15) is 0 Å². The van der Waals surface area contributed by atoms with Gasteiger partial charge < -0.3 is 24.6 Å². The maximum atomic E-state index is 11.9. The van der Waals surface area contributed by atoms with Crippen molar-refractivity contribution in [2.45, 2.75) is 26.0 Å². The molecule has 7 heteroatoms. The molecule has 0 spiro atoms. The van der Waals surface area contributed by atoms with Crippen LogP contribution in [-0.2, 0) is 11.3 Å². The number of likely N-dealkylation sites (N-methyl/N-ethyl adjacent to an activating group) is 1. The lowest BCUT2D eigenvalue weighted by Gasteiger charge is -2.35. The highest BCUT2D eigenvalue weighted by molar-refractivity contribution is 5.78. The molecule has 0 radical (unpaired) electrons. The van der Waals surface area contributed by atoms with Crippen LogP contribution < -0.4 is 19.5 Å². The molecule has 0 bridgehead atoms. The molecule has 2 aromatic carbocycles. The average Bonchev–Trinajstić information content (AvgIpc) is 3.13. The first-order valence-corrected chi connectivity index (χ1v) is 11.2. The van der Waals surface area contributed by atoms with Gasteiger partial charge in [-0.25, -0.2) is 0 Å². The number of aliphatic hydroxyl groups excluding tert-OH is 1. The van der Waals surface area contributed by atoms with Crippen LogP contribution in [0.15, 0.2) is 36.4 Å². The lowest BCUT2D eigenvalue weighted by Crippen LogP contribution is -2.39. The molecule has 1 aliphatic heterocycles. The molecule has 32 heavy (non-hydrogen) atoms. The molecule has 2 N–H and O–H groups in total. The van der Waals surface area contributed by atoms with E-state index >= 15 is 0 Å². The summed E-state index contributed by atoms with van der Waals surface area (Å²) >= 11 is 0. The van der Waals surface area contributed by atoms with Gasteiger partial charge in [-0.3, -0.25) is 9.69 Å². The Bertz CT molecular complexity index is 963. The van der Waals surface area contributed by atoms with E-state index in [1.807, 2.05) is 37.3 Å². The van der Waals surface area contributed by atoms with Crippen LogP contribution >= 0.6 is 0 Å². The van der Waals surface area contributed by atoms with Crippen LogP contribution in [-0.4, -0.2) is 62.5 Å². The molecule has 1 aliphatic carbocycles. The average molecular weight is 441 g/mol. The first kappa shape index (κ1) is 22.4. The minimum Gasteiger partial charge on any atom is -0.493 e. The number of ether oxygens (including phenoxy) is 3. The van der Waals surface area contributed by atoms with E-state index in [-0.39, 0.29) is 18.6 Å².